The first-order valence-electron chi connectivity index (χ1n) is 3.76. The first-order chi connectivity index (χ1) is 4.48. The van der Waals surface area contributed by atoms with E-state index in [1.807, 2.05) is 6.08 Å². The molecule has 0 aromatic heterocycles. The molecule has 0 aliphatic carbocycles. The summed E-state index contributed by atoms with van der Waals surface area (Å²) in [5.74, 6) is 0. The summed E-state index contributed by atoms with van der Waals surface area (Å²) < 4.78 is 0. The Morgan fingerprint density at radius 2 is 2.00 bits per heavy atom. The lowest BCUT2D eigenvalue weighted by molar-refractivity contribution is 0.438. The number of hydrogen-bond acceptors (Lipinski definition) is 0. The Bertz CT molecular complexity index is 129. The molecule has 0 spiro atoms. The average molecular weight is 138 g/mol. The van der Waals surface area contributed by atoms with Crippen molar-refractivity contribution in [1.82, 2.24) is 0 Å². The highest BCUT2D eigenvalue weighted by molar-refractivity contribution is 4.94. The third-order valence-electron chi connectivity index (χ3n) is 1.75. The fourth-order valence-corrected chi connectivity index (χ4v) is 0.638. The van der Waals surface area contributed by atoms with Gasteiger partial charge in [-0.05, 0) is 25.2 Å². The van der Waals surface area contributed by atoms with Crippen molar-refractivity contribution >= 4 is 0 Å². The molecular formula is C10H18. The molecule has 0 aliphatic heterocycles. The van der Waals surface area contributed by atoms with Crippen molar-refractivity contribution < 1.29 is 0 Å². The molecule has 0 rings (SSSR count). The van der Waals surface area contributed by atoms with Crippen LogP contribution in [0.2, 0.25) is 0 Å². The maximum absolute atomic E-state index is 3.86. The molecule has 58 valence electrons. The largest absolute Gasteiger partial charge is 0.103 e. The predicted molar refractivity (Wildman–Crippen MR) is 48.0 cm³/mol. The topological polar surface area (TPSA) is 0 Å². The lowest BCUT2D eigenvalue weighted by atomic mass is 9.87. The van der Waals surface area contributed by atoms with E-state index in [0.717, 1.165) is 12.8 Å². The van der Waals surface area contributed by atoms with E-state index >= 15 is 0 Å². The van der Waals surface area contributed by atoms with E-state index < -0.39 is 0 Å². The van der Waals surface area contributed by atoms with Crippen LogP contribution in [-0.2, 0) is 0 Å². The summed E-state index contributed by atoms with van der Waals surface area (Å²) in [4.78, 5) is 0. The summed E-state index contributed by atoms with van der Waals surface area (Å²) in [6, 6.07) is 0. The Hall–Kier alpha value is -0.520. The first-order valence-corrected chi connectivity index (χ1v) is 3.76. The minimum absolute atomic E-state index is 0.277. The molecule has 0 heterocycles. The van der Waals surface area contributed by atoms with Crippen LogP contribution < -0.4 is 0 Å². The van der Waals surface area contributed by atoms with Crippen molar-refractivity contribution in [1.29, 1.82) is 0 Å². The van der Waals surface area contributed by atoms with Crippen molar-refractivity contribution in [3.05, 3.63) is 24.8 Å². The zero-order chi connectivity index (χ0) is 8.20. The van der Waals surface area contributed by atoms with Gasteiger partial charge in [0.05, 0.1) is 0 Å². The molecule has 0 bridgehead atoms. The normalized spacial score (nSPS) is 11.1. The fraction of sp³-hybridized carbons (Fsp3) is 0.600. The van der Waals surface area contributed by atoms with Crippen molar-refractivity contribution in [2.75, 3.05) is 0 Å². The summed E-state index contributed by atoms with van der Waals surface area (Å²) in [5.41, 5.74) is 1.54. The monoisotopic (exact) mass is 138 g/mol. The SMILES string of the molecule is C=CC(C)(C)CCC(=C)C. The first kappa shape index (κ1) is 9.48. The van der Waals surface area contributed by atoms with Crippen LogP contribution in [0.3, 0.4) is 0 Å². The molecular weight excluding hydrogens is 120 g/mol. The third-order valence-corrected chi connectivity index (χ3v) is 1.75. The molecule has 0 amide bonds. The Balaban J connectivity index is 3.67. The van der Waals surface area contributed by atoms with E-state index in [0.29, 0.717) is 0 Å². The van der Waals surface area contributed by atoms with Crippen LogP contribution in [0, 0.1) is 5.41 Å². The van der Waals surface area contributed by atoms with E-state index in [2.05, 4.69) is 33.9 Å². The van der Waals surface area contributed by atoms with Crippen LogP contribution in [0.15, 0.2) is 24.8 Å². The average Bonchev–Trinajstić information content (AvgIpc) is 1.85. The van der Waals surface area contributed by atoms with Crippen LogP contribution in [0.4, 0.5) is 0 Å². The number of hydrogen-bond donors (Lipinski definition) is 0. The van der Waals surface area contributed by atoms with Gasteiger partial charge < -0.3 is 0 Å². The van der Waals surface area contributed by atoms with Gasteiger partial charge in [-0.15, -0.1) is 13.2 Å². The summed E-state index contributed by atoms with van der Waals surface area (Å²) in [5, 5.41) is 0. The fourth-order valence-electron chi connectivity index (χ4n) is 0.638. The van der Waals surface area contributed by atoms with Crippen LogP contribution in [0.1, 0.15) is 33.6 Å². The standard InChI is InChI=1S/C10H18/c1-6-10(4,5)8-7-9(2)3/h6H,1-2,7-8H2,3-5H3. The van der Waals surface area contributed by atoms with Crippen LogP contribution in [-0.4, -0.2) is 0 Å². The Morgan fingerprint density at radius 3 is 2.30 bits per heavy atom. The molecule has 0 saturated heterocycles. The minimum atomic E-state index is 0.277. The van der Waals surface area contributed by atoms with Crippen molar-refractivity contribution in [3.8, 4) is 0 Å². The van der Waals surface area contributed by atoms with Gasteiger partial charge in [0.15, 0.2) is 0 Å². The molecule has 0 aromatic carbocycles. The number of rotatable bonds is 4. The second-order valence-corrected chi connectivity index (χ2v) is 3.65. The summed E-state index contributed by atoms with van der Waals surface area (Å²) >= 11 is 0. The van der Waals surface area contributed by atoms with Gasteiger partial charge in [0, 0.05) is 0 Å². The summed E-state index contributed by atoms with van der Waals surface area (Å²) in [6.45, 7) is 14.1. The van der Waals surface area contributed by atoms with Crippen molar-refractivity contribution in [2.24, 2.45) is 5.41 Å². The van der Waals surface area contributed by atoms with E-state index in [-0.39, 0.29) is 5.41 Å². The smallest absolute Gasteiger partial charge is 0.0174 e. The second-order valence-electron chi connectivity index (χ2n) is 3.65. The maximum Gasteiger partial charge on any atom is -0.0174 e. The highest BCUT2D eigenvalue weighted by Gasteiger charge is 2.11. The summed E-state index contributed by atoms with van der Waals surface area (Å²) in [6.07, 6.45) is 4.28. The highest BCUT2D eigenvalue weighted by Crippen LogP contribution is 2.24. The Kier molecular flexibility index (Phi) is 3.41. The molecule has 0 nitrogen and oxygen atoms in total. The maximum atomic E-state index is 3.86. The molecule has 0 N–H and O–H groups in total. The minimum Gasteiger partial charge on any atom is -0.103 e. The third kappa shape index (κ3) is 4.37. The van der Waals surface area contributed by atoms with Gasteiger partial charge in [0.1, 0.15) is 0 Å². The molecule has 0 unspecified atom stereocenters. The van der Waals surface area contributed by atoms with Crippen LogP contribution >= 0.6 is 0 Å². The van der Waals surface area contributed by atoms with Gasteiger partial charge in [-0.1, -0.05) is 25.5 Å². The van der Waals surface area contributed by atoms with Gasteiger partial charge in [-0.2, -0.15) is 0 Å². The second kappa shape index (κ2) is 3.60. The predicted octanol–water partition coefficient (Wildman–Crippen LogP) is 3.55. The van der Waals surface area contributed by atoms with Crippen LogP contribution in [0.25, 0.3) is 0 Å². The van der Waals surface area contributed by atoms with Gasteiger partial charge in [-0.3, -0.25) is 0 Å². The molecule has 10 heavy (non-hydrogen) atoms. The Morgan fingerprint density at radius 1 is 1.50 bits per heavy atom. The molecule has 0 heteroatoms. The molecule has 0 atom stereocenters. The zero-order valence-electron chi connectivity index (χ0n) is 7.41. The summed E-state index contributed by atoms with van der Waals surface area (Å²) in [7, 11) is 0. The number of allylic oxidation sites excluding steroid dienone is 2. The van der Waals surface area contributed by atoms with Crippen molar-refractivity contribution in [2.45, 2.75) is 33.6 Å². The molecule has 0 aliphatic rings. The highest BCUT2D eigenvalue weighted by atomic mass is 14.2. The van der Waals surface area contributed by atoms with E-state index in [1.165, 1.54) is 5.57 Å². The quantitative estimate of drug-likeness (QED) is 0.521. The lowest BCUT2D eigenvalue weighted by Gasteiger charge is -2.18. The van der Waals surface area contributed by atoms with E-state index in [1.54, 1.807) is 0 Å². The molecule has 0 saturated carbocycles. The van der Waals surface area contributed by atoms with E-state index in [9.17, 15) is 0 Å². The molecule has 0 aromatic rings. The molecule has 0 radical (unpaired) electrons. The van der Waals surface area contributed by atoms with Gasteiger partial charge in [0.25, 0.3) is 0 Å². The van der Waals surface area contributed by atoms with Crippen LogP contribution in [0.5, 0.6) is 0 Å². The molecule has 0 fully saturated rings. The lowest BCUT2D eigenvalue weighted by Crippen LogP contribution is -2.05. The van der Waals surface area contributed by atoms with Gasteiger partial charge in [0.2, 0.25) is 0 Å². The zero-order valence-corrected chi connectivity index (χ0v) is 7.41. The van der Waals surface area contributed by atoms with E-state index in [4.69, 9.17) is 0 Å². The van der Waals surface area contributed by atoms with Crippen molar-refractivity contribution in [3.63, 3.8) is 0 Å². The van der Waals surface area contributed by atoms with Gasteiger partial charge >= 0.3 is 0 Å². The van der Waals surface area contributed by atoms with Gasteiger partial charge in [-0.25, -0.2) is 0 Å². The Labute approximate surface area is 64.6 Å².